The molecule has 1 N–H and O–H groups in total. The number of para-hydroxylation sites is 2. The molecule has 4 rings (SSSR count). The van der Waals surface area contributed by atoms with Crippen molar-refractivity contribution < 1.29 is 23.5 Å². The molecule has 0 bridgehead atoms. The van der Waals surface area contributed by atoms with E-state index in [-0.39, 0.29) is 30.7 Å². The number of benzene rings is 1. The summed E-state index contributed by atoms with van der Waals surface area (Å²) in [5.41, 5.74) is 0.590. The number of anilines is 1. The molecule has 1 saturated heterocycles. The van der Waals surface area contributed by atoms with E-state index in [0.717, 1.165) is 19.3 Å². The lowest BCUT2D eigenvalue weighted by Crippen LogP contribution is -2.54. The number of fused-ring (bicyclic) bond motifs is 1. The summed E-state index contributed by atoms with van der Waals surface area (Å²) in [6.07, 6.45) is 3.73. The summed E-state index contributed by atoms with van der Waals surface area (Å²) in [6.45, 7) is 1.33. The molecule has 1 fully saturated rings. The maximum absolute atomic E-state index is 12.9. The predicted octanol–water partition coefficient (Wildman–Crippen LogP) is 1.82. The van der Waals surface area contributed by atoms with E-state index >= 15 is 0 Å². The first-order valence-corrected chi connectivity index (χ1v) is 9.80. The van der Waals surface area contributed by atoms with E-state index in [2.05, 4.69) is 5.32 Å². The van der Waals surface area contributed by atoms with Crippen molar-refractivity contribution in [2.75, 3.05) is 31.1 Å². The van der Waals surface area contributed by atoms with Crippen LogP contribution in [0.5, 0.6) is 5.75 Å². The van der Waals surface area contributed by atoms with E-state index in [1.807, 2.05) is 4.90 Å². The Kier molecular flexibility index (Phi) is 5.50. The van der Waals surface area contributed by atoms with Gasteiger partial charge in [-0.3, -0.25) is 14.4 Å². The van der Waals surface area contributed by atoms with Crippen molar-refractivity contribution in [3.05, 3.63) is 48.4 Å². The molecule has 0 unspecified atom stereocenters. The van der Waals surface area contributed by atoms with E-state index < -0.39 is 12.0 Å². The first kappa shape index (κ1) is 19.0. The summed E-state index contributed by atoms with van der Waals surface area (Å²) in [4.78, 5) is 41.2. The molecule has 3 amide bonds. The molecule has 0 saturated carbocycles. The van der Waals surface area contributed by atoms with Gasteiger partial charge >= 0.3 is 0 Å². The molecule has 152 valence electrons. The summed E-state index contributed by atoms with van der Waals surface area (Å²) in [5.74, 6) is -0.266. The van der Waals surface area contributed by atoms with Crippen molar-refractivity contribution in [1.82, 2.24) is 10.2 Å². The first-order valence-electron chi connectivity index (χ1n) is 9.80. The Labute approximate surface area is 168 Å². The van der Waals surface area contributed by atoms with Crippen LogP contribution in [0.25, 0.3) is 0 Å². The maximum atomic E-state index is 12.9. The molecule has 8 nitrogen and oxygen atoms in total. The topological polar surface area (TPSA) is 92.1 Å². The standard InChI is InChI=1S/C21H23N3O5/c25-19(13-22-20(26)17-9-6-12-28-17)24-14-18(21(27)23-10-4-1-5-11-23)29-16-8-3-2-7-15(16)24/h2-3,6-9,12,18H,1,4-5,10-11,13-14H2,(H,22,26)/t18-/m0/s1. The Balaban J connectivity index is 1.47. The van der Waals surface area contributed by atoms with Gasteiger partial charge < -0.3 is 24.3 Å². The van der Waals surface area contributed by atoms with Crippen LogP contribution in [0.1, 0.15) is 29.8 Å². The number of amides is 3. The van der Waals surface area contributed by atoms with Crippen LogP contribution in [0.3, 0.4) is 0 Å². The third-order valence-electron chi connectivity index (χ3n) is 5.16. The quantitative estimate of drug-likeness (QED) is 0.850. The number of hydrogen-bond acceptors (Lipinski definition) is 5. The molecule has 2 aliphatic rings. The lowest BCUT2D eigenvalue weighted by molar-refractivity contribution is -0.139. The fourth-order valence-electron chi connectivity index (χ4n) is 3.66. The SMILES string of the molecule is O=C(NCC(=O)N1C[C@@H](C(=O)N2CCCCC2)Oc2ccccc21)c1ccco1. The molecular formula is C21H23N3O5. The van der Waals surface area contributed by atoms with E-state index in [0.29, 0.717) is 24.5 Å². The van der Waals surface area contributed by atoms with Gasteiger partial charge in [-0.05, 0) is 43.5 Å². The van der Waals surface area contributed by atoms with Gasteiger partial charge in [0, 0.05) is 13.1 Å². The molecule has 0 aliphatic carbocycles. The smallest absolute Gasteiger partial charge is 0.287 e. The molecule has 3 heterocycles. The fourth-order valence-corrected chi connectivity index (χ4v) is 3.66. The third-order valence-corrected chi connectivity index (χ3v) is 5.16. The highest BCUT2D eigenvalue weighted by atomic mass is 16.5. The number of nitrogens with one attached hydrogen (secondary N) is 1. The second-order valence-electron chi connectivity index (χ2n) is 7.12. The Bertz CT molecular complexity index is 889. The van der Waals surface area contributed by atoms with E-state index in [4.69, 9.17) is 9.15 Å². The monoisotopic (exact) mass is 397 g/mol. The zero-order valence-corrected chi connectivity index (χ0v) is 16.0. The van der Waals surface area contributed by atoms with Crippen LogP contribution >= 0.6 is 0 Å². The minimum atomic E-state index is -0.757. The lowest BCUT2D eigenvalue weighted by Gasteiger charge is -2.37. The zero-order valence-electron chi connectivity index (χ0n) is 16.0. The Hall–Kier alpha value is -3.29. The van der Waals surface area contributed by atoms with E-state index in [1.165, 1.54) is 17.2 Å². The molecule has 1 atom stereocenters. The number of hydrogen-bond donors (Lipinski definition) is 1. The average Bonchev–Trinajstić information content (AvgIpc) is 3.31. The number of furan rings is 1. The van der Waals surface area contributed by atoms with Gasteiger partial charge in [0.05, 0.1) is 25.0 Å². The molecule has 2 aromatic rings. The summed E-state index contributed by atoms with van der Waals surface area (Å²) < 4.78 is 11.0. The van der Waals surface area contributed by atoms with Gasteiger partial charge in [-0.15, -0.1) is 0 Å². The van der Waals surface area contributed by atoms with Crippen LogP contribution in [0.4, 0.5) is 5.69 Å². The van der Waals surface area contributed by atoms with Crippen LogP contribution < -0.4 is 15.0 Å². The van der Waals surface area contributed by atoms with Crippen LogP contribution in [-0.4, -0.2) is 54.9 Å². The third kappa shape index (κ3) is 4.11. The van der Waals surface area contributed by atoms with Gasteiger partial charge in [-0.1, -0.05) is 12.1 Å². The van der Waals surface area contributed by atoms with Gasteiger partial charge in [0.2, 0.25) is 5.91 Å². The molecular weight excluding hydrogens is 374 g/mol. The minimum absolute atomic E-state index is 0.100. The molecule has 2 aliphatic heterocycles. The van der Waals surface area contributed by atoms with Crippen LogP contribution in [0, 0.1) is 0 Å². The van der Waals surface area contributed by atoms with Gasteiger partial charge in [0.25, 0.3) is 11.8 Å². The van der Waals surface area contributed by atoms with Crippen molar-refractivity contribution in [2.45, 2.75) is 25.4 Å². The Morgan fingerprint density at radius 2 is 1.83 bits per heavy atom. The minimum Gasteiger partial charge on any atom is -0.476 e. The normalized spacial score (nSPS) is 18.6. The lowest BCUT2D eigenvalue weighted by atomic mass is 10.1. The van der Waals surface area contributed by atoms with Crippen molar-refractivity contribution in [2.24, 2.45) is 0 Å². The number of piperidine rings is 1. The Morgan fingerprint density at radius 3 is 2.59 bits per heavy atom. The summed E-state index contributed by atoms with van der Waals surface area (Å²) >= 11 is 0. The number of likely N-dealkylation sites (tertiary alicyclic amines) is 1. The highest BCUT2D eigenvalue weighted by Crippen LogP contribution is 2.33. The van der Waals surface area contributed by atoms with Gasteiger partial charge in [-0.2, -0.15) is 0 Å². The van der Waals surface area contributed by atoms with Gasteiger partial charge in [0.15, 0.2) is 11.9 Å². The first-order chi connectivity index (χ1) is 14.1. The number of rotatable bonds is 4. The second-order valence-corrected chi connectivity index (χ2v) is 7.12. The number of carbonyl (C=O) groups is 3. The molecule has 0 radical (unpaired) electrons. The molecule has 29 heavy (non-hydrogen) atoms. The van der Waals surface area contributed by atoms with Gasteiger partial charge in [0.1, 0.15) is 5.75 Å². The van der Waals surface area contributed by atoms with Crippen molar-refractivity contribution in [1.29, 1.82) is 0 Å². The number of nitrogens with zero attached hydrogens (tertiary/aromatic N) is 2. The molecule has 8 heteroatoms. The zero-order chi connectivity index (χ0) is 20.2. The van der Waals surface area contributed by atoms with Crippen molar-refractivity contribution >= 4 is 23.4 Å². The van der Waals surface area contributed by atoms with Crippen LogP contribution in [0.2, 0.25) is 0 Å². The summed E-state index contributed by atoms with van der Waals surface area (Å²) in [6, 6.07) is 10.2. The fraction of sp³-hybridized carbons (Fsp3) is 0.381. The molecule has 1 aromatic carbocycles. The van der Waals surface area contributed by atoms with Crippen molar-refractivity contribution in [3.8, 4) is 5.75 Å². The molecule has 1 aromatic heterocycles. The van der Waals surface area contributed by atoms with Crippen molar-refractivity contribution in [3.63, 3.8) is 0 Å². The number of carbonyl (C=O) groups excluding carboxylic acids is 3. The summed E-state index contributed by atoms with van der Waals surface area (Å²) in [7, 11) is 0. The largest absolute Gasteiger partial charge is 0.476 e. The maximum Gasteiger partial charge on any atom is 0.287 e. The van der Waals surface area contributed by atoms with Crippen LogP contribution in [-0.2, 0) is 9.59 Å². The summed E-state index contributed by atoms with van der Waals surface area (Å²) in [5, 5.41) is 2.56. The molecule has 0 spiro atoms. The average molecular weight is 397 g/mol. The van der Waals surface area contributed by atoms with E-state index in [9.17, 15) is 14.4 Å². The highest BCUT2D eigenvalue weighted by molar-refractivity contribution is 6.01. The number of ether oxygens (including phenoxy) is 1. The second kappa shape index (κ2) is 8.38. The van der Waals surface area contributed by atoms with E-state index in [1.54, 1.807) is 30.3 Å². The highest BCUT2D eigenvalue weighted by Gasteiger charge is 2.36. The van der Waals surface area contributed by atoms with Crippen LogP contribution in [0.15, 0.2) is 47.1 Å². The Morgan fingerprint density at radius 1 is 1.03 bits per heavy atom. The van der Waals surface area contributed by atoms with Gasteiger partial charge in [-0.25, -0.2) is 0 Å². The predicted molar refractivity (Wildman–Crippen MR) is 105 cm³/mol.